The molecule has 2 aromatic carbocycles. The van der Waals surface area contributed by atoms with Gasteiger partial charge in [-0.05, 0) is 29.8 Å². The Labute approximate surface area is 220 Å². The minimum absolute atomic E-state index is 0.0965. The van der Waals surface area contributed by atoms with E-state index < -0.39 is 37.3 Å². The highest BCUT2D eigenvalue weighted by atomic mass is 16.7. The topological polar surface area (TPSA) is 146 Å². The Balaban J connectivity index is 1.32. The predicted octanol–water partition coefficient (Wildman–Crippen LogP) is 0.966. The minimum atomic E-state index is -1.53. The number of aliphatic hydroxyl groups excluding tert-OH is 4. The second kappa shape index (κ2) is 11.2. The van der Waals surface area contributed by atoms with Crippen LogP contribution in [0, 0.1) is 11.8 Å². The van der Waals surface area contributed by atoms with Crippen molar-refractivity contribution in [1.29, 1.82) is 0 Å². The van der Waals surface area contributed by atoms with Gasteiger partial charge in [0.25, 0.3) is 0 Å². The first kappa shape index (κ1) is 26.9. The molecule has 11 nitrogen and oxygen atoms in total. The molecule has 0 amide bonds. The van der Waals surface area contributed by atoms with Gasteiger partial charge in [0.2, 0.25) is 6.29 Å². The van der Waals surface area contributed by atoms with Crippen molar-refractivity contribution in [3.05, 3.63) is 47.5 Å². The first-order valence-electron chi connectivity index (χ1n) is 12.5. The molecule has 4 N–H and O–H groups in total. The molecular weight excluding hydrogens is 500 g/mol. The lowest BCUT2D eigenvalue weighted by molar-refractivity contribution is -0.277. The molecule has 0 bridgehead atoms. The van der Waals surface area contributed by atoms with Gasteiger partial charge in [0.15, 0.2) is 11.5 Å². The summed E-state index contributed by atoms with van der Waals surface area (Å²) in [6.45, 7) is 0.488. The van der Waals surface area contributed by atoms with Gasteiger partial charge in [0.05, 0.1) is 53.4 Å². The summed E-state index contributed by atoms with van der Waals surface area (Å²) in [6, 6.07) is 11.0. The van der Waals surface area contributed by atoms with E-state index >= 15 is 0 Å². The highest BCUT2D eigenvalue weighted by Gasteiger charge is 2.49. The van der Waals surface area contributed by atoms with Gasteiger partial charge in [-0.25, -0.2) is 0 Å². The van der Waals surface area contributed by atoms with Crippen LogP contribution in [0.4, 0.5) is 0 Å². The Morgan fingerprint density at radius 1 is 0.763 bits per heavy atom. The van der Waals surface area contributed by atoms with Gasteiger partial charge in [-0.1, -0.05) is 6.07 Å². The third kappa shape index (κ3) is 4.79. The maximum atomic E-state index is 10.3. The molecule has 0 aliphatic carbocycles. The van der Waals surface area contributed by atoms with Gasteiger partial charge in [-0.15, -0.1) is 0 Å². The number of fused-ring (bicyclic) bond motifs is 1. The van der Waals surface area contributed by atoms with Crippen molar-refractivity contribution in [2.45, 2.75) is 42.9 Å². The standard InChI is InChI=1S/C27H34O11/c1-32-18-7-4-13(8-20(18)34-3)25-16-11-36-26(17(16)12-35-25)15-6-5-14(9-19(15)33-2)37-27-24(31)23(30)22(29)21(10-28)38-27/h4-9,16-17,21-31H,10-12H2,1-3H3/t16-,17+,21-,22-,23+,24-,25+,26-,27-/m1/s1. The highest BCUT2D eigenvalue weighted by molar-refractivity contribution is 5.45. The van der Waals surface area contributed by atoms with Crippen molar-refractivity contribution in [3.8, 4) is 23.0 Å². The fourth-order valence-corrected chi connectivity index (χ4v) is 5.54. The quantitative estimate of drug-likeness (QED) is 0.384. The summed E-state index contributed by atoms with van der Waals surface area (Å²) in [5.74, 6) is 2.36. The normalized spacial score (nSPS) is 34.6. The van der Waals surface area contributed by atoms with Crippen LogP contribution in [-0.2, 0) is 14.2 Å². The van der Waals surface area contributed by atoms with Crippen LogP contribution in [0.25, 0.3) is 0 Å². The van der Waals surface area contributed by atoms with Gasteiger partial charge in [-0.3, -0.25) is 0 Å². The third-order valence-corrected chi connectivity index (χ3v) is 7.61. The molecule has 3 saturated heterocycles. The van der Waals surface area contributed by atoms with Crippen molar-refractivity contribution in [1.82, 2.24) is 0 Å². The molecule has 3 aliphatic heterocycles. The summed E-state index contributed by atoms with van der Waals surface area (Å²) in [6.07, 6.45) is -7.27. The van der Waals surface area contributed by atoms with Crippen LogP contribution in [0.15, 0.2) is 36.4 Å². The number of hydrogen-bond donors (Lipinski definition) is 4. The van der Waals surface area contributed by atoms with E-state index in [2.05, 4.69) is 0 Å². The van der Waals surface area contributed by atoms with Crippen LogP contribution >= 0.6 is 0 Å². The lowest BCUT2D eigenvalue weighted by atomic mass is 9.84. The molecule has 3 fully saturated rings. The Hall–Kier alpha value is -2.64. The molecule has 3 aliphatic rings. The van der Waals surface area contributed by atoms with Crippen molar-refractivity contribution < 1.29 is 53.6 Å². The fourth-order valence-electron chi connectivity index (χ4n) is 5.54. The molecular formula is C27H34O11. The zero-order valence-corrected chi connectivity index (χ0v) is 21.4. The van der Waals surface area contributed by atoms with Gasteiger partial charge < -0.3 is 53.6 Å². The second-order valence-corrected chi connectivity index (χ2v) is 9.67. The van der Waals surface area contributed by atoms with Crippen molar-refractivity contribution >= 4 is 0 Å². The fraction of sp³-hybridized carbons (Fsp3) is 0.556. The zero-order chi connectivity index (χ0) is 27.0. The number of aliphatic hydroxyl groups is 4. The van der Waals surface area contributed by atoms with Gasteiger partial charge in [-0.2, -0.15) is 0 Å². The lowest BCUT2D eigenvalue weighted by Gasteiger charge is -2.39. The number of hydrogen-bond acceptors (Lipinski definition) is 11. The molecule has 208 valence electrons. The van der Waals surface area contributed by atoms with Gasteiger partial charge >= 0.3 is 0 Å². The molecule has 0 aromatic heterocycles. The molecule has 0 radical (unpaired) electrons. The van der Waals surface area contributed by atoms with Crippen LogP contribution in [0.2, 0.25) is 0 Å². The number of methoxy groups -OCH3 is 3. The van der Waals surface area contributed by atoms with E-state index in [1.165, 1.54) is 0 Å². The summed E-state index contributed by atoms with van der Waals surface area (Å²) in [4.78, 5) is 0. The number of ether oxygens (including phenoxy) is 7. The Bertz CT molecular complexity index is 1110. The second-order valence-electron chi connectivity index (χ2n) is 9.67. The van der Waals surface area contributed by atoms with E-state index in [4.69, 9.17) is 33.2 Å². The van der Waals surface area contributed by atoms with E-state index in [0.29, 0.717) is 36.2 Å². The maximum absolute atomic E-state index is 10.3. The molecule has 0 spiro atoms. The largest absolute Gasteiger partial charge is 0.496 e. The Kier molecular flexibility index (Phi) is 7.96. The van der Waals surface area contributed by atoms with Crippen molar-refractivity contribution in [2.24, 2.45) is 11.8 Å². The maximum Gasteiger partial charge on any atom is 0.229 e. The first-order chi connectivity index (χ1) is 18.4. The van der Waals surface area contributed by atoms with Crippen molar-refractivity contribution in [2.75, 3.05) is 41.2 Å². The van der Waals surface area contributed by atoms with Crippen LogP contribution in [-0.4, -0.2) is 92.3 Å². The third-order valence-electron chi connectivity index (χ3n) is 7.61. The van der Waals surface area contributed by atoms with Gasteiger partial charge in [0.1, 0.15) is 35.9 Å². The predicted molar refractivity (Wildman–Crippen MR) is 131 cm³/mol. The summed E-state index contributed by atoms with van der Waals surface area (Å²) in [5.41, 5.74) is 1.83. The number of rotatable bonds is 8. The summed E-state index contributed by atoms with van der Waals surface area (Å²) in [5, 5.41) is 39.7. The molecule has 2 aromatic rings. The lowest BCUT2D eigenvalue weighted by Crippen LogP contribution is -2.60. The van der Waals surface area contributed by atoms with E-state index in [0.717, 1.165) is 11.1 Å². The molecule has 0 unspecified atom stereocenters. The van der Waals surface area contributed by atoms with E-state index in [1.807, 2.05) is 24.3 Å². The van der Waals surface area contributed by atoms with Gasteiger partial charge in [0, 0.05) is 23.5 Å². The van der Waals surface area contributed by atoms with Crippen LogP contribution in [0.1, 0.15) is 23.3 Å². The molecule has 3 heterocycles. The SMILES string of the molecule is COc1ccc([C@@H]2OC[C@H]3[C@H]2CO[C@@H]3c2ccc(O[C@@H]3O[C@H](CO)[C@@H](O)[C@H](O)[C@H]3O)cc2OC)cc1OC. The average Bonchev–Trinajstić information content (AvgIpc) is 3.55. The molecule has 11 heteroatoms. The first-order valence-corrected chi connectivity index (χ1v) is 12.5. The van der Waals surface area contributed by atoms with Crippen LogP contribution in [0.3, 0.4) is 0 Å². The van der Waals surface area contributed by atoms with Crippen molar-refractivity contribution in [3.63, 3.8) is 0 Å². The Morgan fingerprint density at radius 3 is 2.13 bits per heavy atom. The Morgan fingerprint density at radius 2 is 1.45 bits per heavy atom. The van der Waals surface area contributed by atoms with E-state index in [1.54, 1.807) is 33.5 Å². The average molecular weight is 535 g/mol. The smallest absolute Gasteiger partial charge is 0.229 e. The molecule has 5 rings (SSSR count). The number of benzene rings is 2. The zero-order valence-electron chi connectivity index (χ0n) is 21.4. The van der Waals surface area contributed by atoms with Crippen LogP contribution in [0.5, 0.6) is 23.0 Å². The molecule has 9 atom stereocenters. The highest BCUT2D eigenvalue weighted by Crippen LogP contribution is 2.52. The van der Waals surface area contributed by atoms with Crippen LogP contribution < -0.4 is 18.9 Å². The monoisotopic (exact) mass is 534 g/mol. The molecule has 0 saturated carbocycles. The summed E-state index contributed by atoms with van der Waals surface area (Å²) >= 11 is 0. The summed E-state index contributed by atoms with van der Waals surface area (Å²) < 4.78 is 40.2. The van der Waals surface area contributed by atoms with E-state index in [-0.39, 0.29) is 24.0 Å². The summed E-state index contributed by atoms with van der Waals surface area (Å²) in [7, 11) is 4.75. The molecule has 38 heavy (non-hydrogen) atoms. The minimum Gasteiger partial charge on any atom is -0.496 e. The van der Waals surface area contributed by atoms with E-state index in [9.17, 15) is 20.4 Å².